The van der Waals surface area contributed by atoms with Crippen molar-refractivity contribution in [3.63, 3.8) is 0 Å². The van der Waals surface area contributed by atoms with Crippen molar-refractivity contribution in [1.82, 2.24) is 0 Å². The lowest BCUT2D eigenvalue weighted by Gasteiger charge is -2.03. The second-order valence-electron chi connectivity index (χ2n) is 2.09. The van der Waals surface area contributed by atoms with E-state index in [0.29, 0.717) is 0 Å². The summed E-state index contributed by atoms with van der Waals surface area (Å²) in [7, 11) is -0.171. The first-order valence-electron chi connectivity index (χ1n) is 3.35. The van der Waals surface area contributed by atoms with Crippen LogP contribution in [0, 0.1) is 0 Å². The number of hydrogen-bond acceptors (Lipinski definition) is 0. The molecule has 0 bridgehead atoms. The SMILES string of the molecule is CC[SiH](CC)CC.[H+]. The Morgan fingerprint density at radius 2 is 1.29 bits per heavy atom. The van der Waals surface area contributed by atoms with E-state index in [1.54, 1.807) is 0 Å². The van der Waals surface area contributed by atoms with Gasteiger partial charge in [0.2, 0.25) is 0 Å². The van der Waals surface area contributed by atoms with Gasteiger partial charge < -0.3 is 0 Å². The Hall–Kier alpha value is 0.217. The molecule has 44 valence electrons. The molecule has 0 spiro atoms. The molecule has 0 atom stereocenters. The largest absolute Gasteiger partial charge is 1.00 e. The van der Waals surface area contributed by atoms with Gasteiger partial charge in [-0.05, 0) is 0 Å². The van der Waals surface area contributed by atoms with Crippen LogP contribution in [-0.2, 0) is 0 Å². The third-order valence-corrected chi connectivity index (χ3v) is 5.20. The van der Waals surface area contributed by atoms with Crippen LogP contribution in [0.5, 0.6) is 0 Å². The van der Waals surface area contributed by atoms with E-state index in [1.807, 2.05) is 0 Å². The van der Waals surface area contributed by atoms with Crippen molar-refractivity contribution in [3.05, 3.63) is 0 Å². The zero-order valence-electron chi connectivity index (χ0n) is 6.70. The molecule has 7 heavy (non-hydrogen) atoms. The van der Waals surface area contributed by atoms with E-state index in [9.17, 15) is 0 Å². The molecule has 0 aliphatic carbocycles. The van der Waals surface area contributed by atoms with Gasteiger partial charge in [-0.1, -0.05) is 38.9 Å². The van der Waals surface area contributed by atoms with Gasteiger partial charge in [-0.25, -0.2) is 0 Å². The van der Waals surface area contributed by atoms with E-state index < -0.39 is 0 Å². The van der Waals surface area contributed by atoms with Crippen molar-refractivity contribution in [1.29, 1.82) is 0 Å². The first-order chi connectivity index (χ1) is 3.35. The molecule has 0 N–H and O–H groups in total. The van der Waals surface area contributed by atoms with E-state index in [2.05, 4.69) is 20.8 Å². The van der Waals surface area contributed by atoms with Crippen LogP contribution in [0.25, 0.3) is 0 Å². The van der Waals surface area contributed by atoms with E-state index in [4.69, 9.17) is 0 Å². The molecule has 0 radical (unpaired) electrons. The quantitative estimate of drug-likeness (QED) is 0.498. The van der Waals surface area contributed by atoms with Gasteiger partial charge in [0.15, 0.2) is 0 Å². The second-order valence-corrected chi connectivity index (χ2v) is 6.27. The summed E-state index contributed by atoms with van der Waals surface area (Å²) >= 11 is 0. The first kappa shape index (κ1) is 7.22. The Bertz CT molecular complexity index is 30.0. The summed E-state index contributed by atoms with van der Waals surface area (Å²) in [5, 5.41) is 0. The molecular weight excluding hydrogens is 100 g/mol. The van der Waals surface area contributed by atoms with Crippen LogP contribution in [0.4, 0.5) is 0 Å². The zero-order chi connectivity index (χ0) is 5.70. The molecule has 1 heteroatoms. The lowest BCUT2D eigenvalue weighted by molar-refractivity contribution is 1.24. The summed E-state index contributed by atoms with van der Waals surface area (Å²) in [5.41, 5.74) is 0. The highest BCUT2D eigenvalue weighted by atomic mass is 28.3. The highest BCUT2D eigenvalue weighted by molar-refractivity contribution is 6.58. The third kappa shape index (κ3) is 2.86. The van der Waals surface area contributed by atoms with E-state index in [-0.39, 0.29) is 10.2 Å². The van der Waals surface area contributed by atoms with Crippen molar-refractivity contribution >= 4 is 8.80 Å². The maximum Gasteiger partial charge on any atom is 1.00 e. The van der Waals surface area contributed by atoms with Crippen molar-refractivity contribution in [2.75, 3.05) is 0 Å². The van der Waals surface area contributed by atoms with Crippen LogP contribution in [-0.4, -0.2) is 8.80 Å². The molecule has 0 aromatic heterocycles. The molecule has 0 aromatic rings. The Balaban J connectivity index is 0. The Kier molecular flexibility index (Phi) is 4.51. The standard InChI is InChI=1S/C6H16Si/c1-4-7(5-2)6-3/h7H,4-6H2,1-3H3/p+1. The van der Waals surface area contributed by atoms with Crippen molar-refractivity contribution in [2.24, 2.45) is 0 Å². The lowest BCUT2D eigenvalue weighted by Crippen LogP contribution is -2.04. The van der Waals surface area contributed by atoms with E-state index in [1.165, 1.54) is 18.1 Å². The van der Waals surface area contributed by atoms with Gasteiger partial charge in [0.05, 0.1) is 0 Å². The lowest BCUT2D eigenvalue weighted by atomic mass is 10.9. The predicted octanol–water partition coefficient (Wildman–Crippen LogP) is 2.39. The first-order valence-corrected chi connectivity index (χ1v) is 5.80. The van der Waals surface area contributed by atoms with Crippen molar-refractivity contribution in [3.8, 4) is 0 Å². The maximum absolute atomic E-state index is 2.32. The summed E-state index contributed by atoms with van der Waals surface area (Å²) in [6, 6.07) is 4.48. The molecule has 0 saturated heterocycles. The average molecular weight is 117 g/mol. The molecule has 0 nitrogen and oxygen atoms in total. The zero-order valence-corrected chi connectivity index (χ0v) is 6.85. The topological polar surface area (TPSA) is 0 Å². The third-order valence-electron chi connectivity index (χ3n) is 1.73. The molecule has 0 aliphatic heterocycles. The monoisotopic (exact) mass is 117 g/mol. The Morgan fingerprint density at radius 1 is 1.00 bits per heavy atom. The van der Waals surface area contributed by atoms with Crippen molar-refractivity contribution < 1.29 is 1.43 Å². The molecule has 0 amide bonds. The molecule has 0 fully saturated rings. The maximum atomic E-state index is 2.32. The molecule has 0 saturated carbocycles. The molecule has 0 rings (SSSR count). The highest BCUT2D eigenvalue weighted by Crippen LogP contribution is 2.01. The number of rotatable bonds is 3. The van der Waals surface area contributed by atoms with Gasteiger partial charge in [0.25, 0.3) is 0 Å². The summed E-state index contributed by atoms with van der Waals surface area (Å²) in [6.45, 7) is 6.97. The Labute approximate surface area is 50.0 Å². The van der Waals surface area contributed by atoms with Crippen LogP contribution < -0.4 is 0 Å². The summed E-state index contributed by atoms with van der Waals surface area (Å²) < 4.78 is 0. The minimum absolute atomic E-state index is 0. The fourth-order valence-electron chi connectivity index (χ4n) is 0.866. The van der Waals surface area contributed by atoms with E-state index >= 15 is 0 Å². The molecule has 0 unspecified atom stereocenters. The van der Waals surface area contributed by atoms with E-state index in [0.717, 1.165) is 0 Å². The molecule has 0 aliphatic rings. The van der Waals surface area contributed by atoms with Gasteiger partial charge in [0.1, 0.15) is 0 Å². The summed E-state index contributed by atoms with van der Waals surface area (Å²) in [6.07, 6.45) is 0. The van der Waals surface area contributed by atoms with Crippen LogP contribution in [0.3, 0.4) is 0 Å². The smallest absolute Gasteiger partial charge is 0.0680 e. The minimum atomic E-state index is -0.171. The minimum Gasteiger partial charge on any atom is -0.0680 e. The fourth-order valence-corrected chi connectivity index (χ4v) is 2.60. The summed E-state index contributed by atoms with van der Waals surface area (Å²) in [4.78, 5) is 0. The van der Waals surface area contributed by atoms with Crippen LogP contribution in [0.1, 0.15) is 22.2 Å². The second kappa shape index (κ2) is 4.38. The van der Waals surface area contributed by atoms with Crippen LogP contribution in [0.2, 0.25) is 18.1 Å². The van der Waals surface area contributed by atoms with Gasteiger partial charge in [-0.3, -0.25) is 0 Å². The molecule has 0 aromatic carbocycles. The van der Waals surface area contributed by atoms with Gasteiger partial charge in [0, 0.05) is 8.80 Å². The summed E-state index contributed by atoms with van der Waals surface area (Å²) in [5.74, 6) is 0. The normalized spacial score (nSPS) is 10.3. The van der Waals surface area contributed by atoms with Gasteiger partial charge in [-0.2, -0.15) is 0 Å². The van der Waals surface area contributed by atoms with Gasteiger partial charge >= 0.3 is 1.43 Å². The van der Waals surface area contributed by atoms with Gasteiger partial charge in [-0.15, -0.1) is 0 Å². The predicted molar refractivity (Wildman–Crippen MR) is 39.7 cm³/mol. The molecule has 0 heterocycles. The van der Waals surface area contributed by atoms with Crippen LogP contribution in [0.15, 0.2) is 0 Å². The highest BCUT2D eigenvalue weighted by Gasteiger charge is 1.98. The average Bonchev–Trinajstić information content (AvgIpc) is 1.72. The number of hydrogen-bond donors (Lipinski definition) is 0. The van der Waals surface area contributed by atoms with Crippen LogP contribution >= 0.6 is 0 Å². The fraction of sp³-hybridized carbons (Fsp3) is 1.00. The molecular formula is C6H17Si+. The Morgan fingerprint density at radius 3 is 1.29 bits per heavy atom. The van der Waals surface area contributed by atoms with Crippen molar-refractivity contribution in [2.45, 2.75) is 38.9 Å².